The molecule has 0 saturated carbocycles. The number of amides is 4. The summed E-state index contributed by atoms with van der Waals surface area (Å²) in [4.78, 5) is 68.6. The van der Waals surface area contributed by atoms with Crippen molar-refractivity contribution in [2.45, 2.75) is 52.9 Å². The van der Waals surface area contributed by atoms with E-state index in [0.717, 1.165) is 11.1 Å². The molecule has 2 aliphatic heterocycles. The summed E-state index contributed by atoms with van der Waals surface area (Å²) in [5.41, 5.74) is 4.61. The van der Waals surface area contributed by atoms with Crippen LogP contribution in [0.3, 0.4) is 0 Å². The number of hydrogen-bond acceptors (Lipinski definition) is 9. The molecule has 6 rings (SSSR count). The van der Waals surface area contributed by atoms with Crippen molar-refractivity contribution in [3.63, 3.8) is 0 Å². The Hall–Kier alpha value is -6.26. The van der Waals surface area contributed by atoms with E-state index >= 15 is 0 Å². The molecule has 0 aliphatic carbocycles. The van der Waals surface area contributed by atoms with Crippen LogP contribution < -0.4 is 10.6 Å². The van der Waals surface area contributed by atoms with Crippen LogP contribution in [0.1, 0.15) is 49.9 Å². The summed E-state index contributed by atoms with van der Waals surface area (Å²) in [6.45, 7) is 10.0. The van der Waals surface area contributed by atoms with Crippen molar-refractivity contribution in [1.29, 1.82) is 0 Å². The zero-order valence-electron chi connectivity index (χ0n) is 36.4. The highest BCUT2D eigenvalue weighted by Crippen LogP contribution is 2.25. The van der Waals surface area contributed by atoms with Crippen molar-refractivity contribution in [2.75, 3.05) is 49.9 Å². The number of benzene rings is 4. The van der Waals surface area contributed by atoms with Crippen LogP contribution in [0.2, 0.25) is 10.0 Å². The summed E-state index contributed by atoms with van der Waals surface area (Å²) in [6, 6.07) is 21.6. The number of piperazine rings is 2. The first-order valence-electron chi connectivity index (χ1n) is 20.7. The molecule has 4 aromatic carbocycles. The van der Waals surface area contributed by atoms with Crippen molar-refractivity contribution in [3.8, 4) is 0 Å². The number of oxime groups is 1. The van der Waals surface area contributed by atoms with Crippen LogP contribution in [0.25, 0.3) is 12.2 Å². The van der Waals surface area contributed by atoms with Gasteiger partial charge in [0.1, 0.15) is 17.7 Å². The number of halogens is 4. The van der Waals surface area contributed by atoms with Gasteiger partial charge < -0.3 is 25.6 Å². The number of carbonyl (C=O) groups is 5. The highest BCUT2D eigenvalue weighted by atomic mass is 35.5. The molecule has 65 heavy (non-hydrogen) atoms. The second-order valence-corrected chi connectivity index (χ2v) is 16.5. The molecule has 2 saturated heterocycles. The predicted octanol–water partition coefficient (Wildman–Crippen LogP) is 7.77. The lowest BCUT2D eigenvalue weighted by molar-refractivity contribution is -0.138. The normalized spacial score (nSPS) is 17.1. The maximum atomic E-state index is 13.2. The summed E-state index contributed by atoms with van der Waals surface area (Å²) in [5.74, 6) is -1.69. The number of nitrogens with zero attached hydrogens (tertiary/aromatic N) is 5. The van der Waals surface area contributed by atoms with E-state index in [0.29, 0.717) is 90.6 Å². The molecule has 2 fully saturated rings. The highest BCUT2D eigenvalue weighted by Gasteiger charge is 2.33. The lowest BCUT2D eigenvalue weighted by atomic mass is 10.1. The number of hydrogen-bond donors (Lipinski definition) is 3. The van der Waals surface area contributed by atoms with E-state index in [9.17, 15) is 38.0 Å². The smallest absolute Gasteiger partial charge is 0.247 e. The Morgan fingerprint density at radius 1 is 0.631 bits per heavy atom. The second kappa shape index (κ2) is 23.6. The van der Waals surface area contributed by atoms with Gasteiger partial charge in [-0.1, -0.05) is 64.8 Å². The van der Waals surface area contributed by atoms with Gasteiger partial charge in [0.25, 0.3) is 0 Å². The summed E-state index contributed by atoms with van der Waals surface area (Å²) in [7, 11) is 0. The quantitative estimate of drug-likeness (QED) is 0.0564. The van der Waals surface area contributed by atoms with Crippen molar-refractivity contribution in [2.24, 2.45) is 5.16 Å². The Labute approximate surface area is 387 Å². The third-order valence-corrected chi connectivity index (χ3v) is 11.2. The van der Waals surface area contributed by atoms with Crippen LogP contribution in [0, 0.1) is 11.6 Å². The van der Waals surface area contributed by atoms with E-state index in [1.807, 2.05) is 0 Å². The molecular weight excluding hydrogens is 879 g/mol. The van der Waals surface area contributed by atoms with Gasteiger partial charge in [0, 0.05) is 99.8 Å². The molecule has 4 aromatic rings. The maximum Gasteiger partial charge on any atom is 0.247 e. The Kier molecular flexibility index (Phi) is 18.1. The van der Waals surface area contributed by atoms with Gasteiger partial charge >= 0.3 is 0 Å². The molecule has 342 valence electrons. The van der Waals surface area contributed by atoms with E-state index in [-0.39, 0.29) is 41.0 Å². The minimum Gasteiger partial charge on any atom is -0.411 e. The lowest BCUT2D eigenvalue weighted by Gasteiger charge is -2.40. The zero-order valence-corrected chi connectivity index (χ0v) is 38.0. The van der Waals surface area contributed by atoms with Crippen LogP contribution in [0.5, 0.6) is 0 Å². The van der Waals surface area contributed by atoms with Gasteiger partial charge in [-0.3, -0.25) is 33.8 Å². The standard InChI is InChI=1S/C24H26ClFN4O3.C24H25ClFN3O3/c1-16(28-33)23-15-29(14-18-3-8-21(26)9-4-18)11-12-30(23)24(32)10-6-19-5-7-20(25)13-22(19)27-17(2)31;1-16(30)23-15-28(14-18-3-8-21(26)9-4-18)11-12-29(23)24(32)10-6-19-5-7-20(25)13-22(19)27-17(2)31/h3-10,13,23,33H,11-12,14-15H2,1-2H3,(H,27,31);3-10,13,23H,11-12,14-15H2,1-2H3,(H,27,31)/b10-6+,28-16?;10-6+/t2*23-/m00/s1. The molecule has 2 aliphatic rings. The van der Waals surface area contributed by atoms with Crippen LogP contribution in [-0.2, 0) is 37.1 Å². The molecule has 3 N–H and O–H groups in total. The zero-order chi connectivity index (χ0) is 47.2. The predicted molar refractivity (Wildman–Crippen MR) is 250 cm³/mol. The number of nitrogens with one attached hydrogen (secondary N) is 2. The Morgan fingerprint density at radius 2 is 1.03 bits per heavy atom. The first kappa shape index (κ1) is 49.8. The monoisotopic (exact) mass is 929 g/mol. The van der Waals surface area contributed by atoms with Crippen molar-refractivity contribution in [1.82, 2.24) is 19.6 Å². The fourth-order valence-electron chi connectivity index (χ4n) is 7.42. The summed E-state index contributed by atoms with van der Waals surface area (Å²) in [5, 5.41) is 19.0. The summed E-state index contributed by atoms with van der Waals surface area (Å²) >= 11 is 12.0. The lowest BCUT2D eigenvalue weighted by Crippen LogP contribution is -2.57. The van der Waals surface area contributed by atoms with Gasteiger partial charge in [-0.05, 0) is 96.8 Å². The van der Waals surface area contributed by atoms with Crippen molar-refractivity contribution in [3.05, 3.63) is 141 Å². The fourth-order valence-corrected chi connectivity index (χ4v) is 7.76. The molecule has 0 bridgehead atoms. The fraction of sp³-hybridized carbons (Fsp3) is 0.292. The van der Waals surface area contributed by atoms with E-state index in [1.165, 1.54) is 57.2 Å². The number of rotatable bonds is 12. The van der Waals surface area contributed by atoms with E-state index in [1.54, 1.807) is 89.5 Å². The SMILES string of the molecule is CC(=O)Nc1cc(Cl)ccc1/C=C/C(=O)N1CCN(Cc2ccc(F)cc2)C[C@H]1C(C)=NO.CC(=O)Nc1cc(Cl)ccc1/C=C/C(=O)N1CCN(Cc2ccc(F)cc2)C[C@H]1C(C)=O. The van der Waals surface area contributed by atoms with Crippen LogP contribution >= 0.6 is 23.2 Å². The molecule has 13 nitrogen and oxygen atoms in total. The molecule has 0 spiro atoms. The summed E-state index contributed by atoms with van der Waals surface area (Å²) in [6.07, 6.45) is 6.06. The summed E-state index contributed by atoms with van der Waals surface area (Å²) < 4.78 is 26.3. The van der Waals surface area contributed by atoms with Gasteiger partial charge in [-0.2, -0.15) is 0 Å². The Bertz CT molecular complexity index is 2450. The van der Waals surface area contributed by atoms with Gasteiger partial charge in [0.2, 0.25) is 23.6 Å². The largest absolute Gasteiger partial charge is 0.411 e. The molecule has 2 atom stereocenters. The number of carbonyl (C=O) groups excluding carboxylic acids is 5. The Balaban J connectivity index is 0.000000244. The van der Waals surface area contributed by atoms with E-state index in [4.69, 9.17) is 23.2 Å². The first-order valence-corrected chi connectivity index (χ1v) is 21.5. The van der Waals surface area contributed by atoms with E-state index in [2.05, 4.69) is 25.6 Å². The van der Waals surface area contributed by atoms with Gasteiger partial charge in [-0.25, -0.2) is 8.78 Å². The molecule has 0 unspecified atom stereocenters. The Morgan fingerprint density at radius 3 is 1.42 bits per heavy atom. The third kappa shape index (κ3) is 14.9. The first-order chi connectivity index (χ1) is 31.0. The van der Waals surface area contributed by atoms with Crippen LogP contribution in [0.4, 0.5) is 20.2 Å². The molecule has 4 amide bonds. The van der Waals surface area contributed by atoms with Gasteiger partial charge in [0.15, 0.2) is 5.78 Å². The van der Waals surface area contributed by atoms with Crippen molar-refractivity contribution < 1.29 is 38.0 Å². The van der Waals surface area contributed by atoms with Crippen LogP contribution in [-0.4, -0.2) is 111 Å². The number of ketones is 1. The number of anilines is 2. The van der Waals surface area contributed by atoms with Gasteiger partial charge in [0.05, 0.1) is 11.8 Å². The molecule has 0 radical (unpaired) electrons. The minimum atomic E-state index is -0.568. The second-order valence-electron chi connectivity index (χ2n) is 15.7. The average molecular weight is 931 g/mol. The average Bonchev–Trinajstić information content (AvgIpc) is 3.26. The molecule has 0 aromatic heterocycles. The van der Waals surface area contributed by atoms with Crippen LogP contribution in [0.15, 0.2) is 102 Å². The molecule has 2 heterocycles. The third-order valence-electron chi connectivity index (χ3n) is 10.7. The van der Waals surface area contributed by atoms with Crippen molar-refractivity contribution >= 4 is 81.9 Å². The minimum absolute atomic E-state index is 0.0963. The maximum absolute atomic E-state index is 13.2. The molecule has 17 heteroatoms. The van der Waals surface area contributed by atoms with Gasteiger partial charge in [-0.15, -0.1) is 0 Å². The van der Waals surface area contributed by atoms with E-state index < -0.39 is 12.1 Å². The number of Topliss-reactive ketones (excluding diaryl/α,β-unsaturated/α-hetero) is 1. The highest BCUT2D eigenvalue weighted by molar-refractivity contribution is 6.31. The molecular formula is C48H51Cl2F2N7O6. The topological polar surface area (TPSA) is 155 Å².